The molecule has 1 radical (unpaired) electrons. The Kier molecular flexibility index (Phi) is 21.4. The fourth-order valence-corrected chi connectivity index (χ4v) is 0. The summed E-state index contributed by atoms with van der Waals surface area (Å²) < 4.78 is 0. The second kappa shape index (κ2) is 8.98. The molecule has 4 heteroatoms. The van der Waals surface area contributed by atoms with E-state index in [2.05, 4.69) is 13.0 Å². The fraction of sp³-hybridized carbons (Fsp3) is 0. The van der Waals surface area contributed by atoms with Gasteiger partial charge in [-0.25, -0.2) is 0 Å². The van der Waals surface area contributed by atoms with E-state index < -0.39 is 0 Å². The van der Waals surface area contributed by atoms with Crippen molar-refractivity contribution in [2.24, 2.45) is 0 Å². The molecule has 0 aromatic carbocycles. The van der Waals surface area contributed by atoms with Crippen LogP contribution in [0.25, 0.3) is 0 Å². The molecule has 0 rings (SSSR count). The van der Waals surface area contributed by atoms with E-state index in [-0.39, 0.29) is 22.4 Å². The van der Waals surface area contributed by atoms with Gasteiger partial charge in [0, 0.05) is 22.4 Å². The Labute approximate surface area is 60.3 Å². The predicted molar refractivity (Wildman–Crippen MR) is 14.8 cm³/mol. The molecule has 0 fully saturated rings. The van der Waals surface area contributed by atoms with Crippen LogP contribution >= 0.6 is 22.2 Å². The molecule has 0 aromatic rings. The second-order valence-corrected chi connectivity index (χ2v) is 3.97. The molecule has 0 N–H and O–H groups in total. The minimum atomic E-state index is 0. The van der Waals surface area contributed by atoms with Crippen LogP contribution in [0.1, 0.15) is 0 Å². The molecule has 0 spiro atoms. The number of hydrogen-bond donors (Lipinski definition) is 0. The van der Waals surface area contributed by atoms with Gasteiger partial charge in [-0.15, -0.1) is 0 Å². The van der Waals surface area contributed by atoms with Gasteiger partial charge in [0.1, 0.15) is 0 Å². The standard InChI is InChI=1S/2Ag.BrH.ClH/h;;2*1H/q;+2;;/p-2. The van der Waals surface area contributed by atoms with Crippen molar-refractivity contribution in [1.82, 2.24) is 0 Å². The van der Waals surface area contributed by atoms with Crippen molar-refractivity contribution in [2.45, 2.75) is 0 Å². The first-order valence-electron chi connectivity index (χ1n) is 0.228. The van der Waals surface area contributed by atoms with Crippen molar-refractivity contribution < 1.29 is 38.9 Å². The van der Waals surface area contributed by atoms with Gasteiger partial charge in [-0.1, -0.05) is 0 Å². The van der Waals surface area contributed by atoms with Crippen LogP contribution in [0.2, 0.25) is 0 Å². The van der Waals surface area contributed by atoms with Crippen molar-refractivity contribution in [3.8, 4) is 0 Å². The monoisotopic (exact) mass is 328 g/mol. The summed E-state index contributed by atoms with van der Waals surface area (Å²) in [4.78, 5) is 0. The third-order valence-corrected chi connectivity index (χ3v) is 0. The zero-order valence-corrected chi connectivity index (χ0v) is 6.67. The van der Waals surface area contributed by atoms with E-state index in [4.69, 9.17) is 9.19 Å². The first kappa shape index (κ1) is 9.54. The van der Waals surface area contributed by atoms with Crippen LogP contribution < -0.4 is 0 Å². The summed E-state index contributed by atoms with van der Waals surface area (Å²) in [6.07, 6.45) is 0. The average Bonchev–Trinajstić information content (AvgIpc) is 0.918. The molecule has 0 aliphatic rings. The molecule has 0 saturated carbocycles. The molecule has 36 valence electrons. The van der Waals surface area contributed by atoms with Gasteiger partial charge in [0.25, 0.3) is 0 Å². The molecule has 0 aromatic heterocycles. The Morgan fingerprint density at radius 2 is 1.75 bits per heavy atom. The molecular formula is Ag2BrCl. The molecule has 0 saturated heterocycles. The van der Waals surface area contributed by atoms with Crippen molar-refractivity contribution >= 4 is 22.2 Å². The van der Waals surface area contributed by atoms with Gasteiger partial charge in [-0.3, -0.25) is 0 Å². The first-order valence-corrected chi connectivity index (χ1v) is 5.53. The van der Waals surface area contributed by atoms with E-state index in [0.29, 0.717) is 16.5 Å². The van der Waals surface area contributed by atoms with Crippen LogP contribution in [0.4, 0.5) is 0 Å². The van der Waals surface area contributed by atoms with Crippen LogP contribution in [0.3, 0.4) is 0 Å². The van der Waals surface area contributed by atoms with E-state index in [9.17, 15) is 0 Å². The van der Waals surface area contributed by atoms with Gasteiger partial charge in [-0.05, 0) is 0 Å². The number of hydrogen-bond acceptors (Lipinski definition) is 0. The summed E-state index contributed by atoms with van der Waals surface area (Å²) in [6.45, 7) is 0. The third-order valence-electron chi connectivity index (χ3n) is 0. The third kappa shape index (κ3) is 8.87. The quantitative estimate of drug-likeness (QED) is 0.591. The zero-order valence-electron chi connectivity index (χ0n) is 1.36. The Balaban J connectivity index is 0. The molecule has 0 atom stereocenters. The van der Waals surface area contributed by atoms with Gasteiger partial charge in [0.2, 0.25) is 0 Å². The maximum atomic E-state index is 4.95. The average molecular weight is 331 g/mol. The van der Waals surface area contributed by atoms with Crippen molar-refractivity contribution in [3.05, 3.63) is 0 Å². The molecule has 0 heterocycles. The molecular weight excluding hydrogens is 331 g/mol. The van der Waals surface area contributed by atoms with Gasteiger partial charge in [0.15, 0.2) is 0 Å². The van der Waals surface area contributed by atoms with Gasteiger partial charge in [0.05, 0.1) is 0 Å². The van der Waals surface area contributed by atoms with Gasteiger partial charge < -0.3 is 0 Å². The van der Waals surface area contributed by atoms with Crippen LogP contribution in [0.5, 0.6) is 0 Å². The fourth-order valence-electron chi connectivity index (χ4n) is 0. The van der Waals surface area contributed by atoms with E-state index in [1.54, 1.807) is 0 Å². The molecule has 0 aliphatic carbocycles. The van der Waals surface area contributed by atoms with Crippen molar-refractivity contribution in [3.63, 3.8) is 0 Å². The summed E-state index contributed by atoms with van der Waals surface area (Å²) in [5, 5.41) is 0. The number of halogens is 2. The van der Waals surface area contributed by atoms with Crippen LogP contribution in [0, 0.1) is 0 Å². The van der Waals surface area contributed by atoms with Crippen molar-refractivity contribution in [1.29, 1.82) is 0 Å². The minimum absolute atomic E-state index is 0. The Morgan fingerprint density at radius 1 is 1.75 bits per heavy atom. The molecule has 0 nitrogen and oxygen atoms in total. The molecule has 4 heavy (non-hydrogen) atoms. The predicted octanol–water partition coefficient (Wildman–Crippen LogP) is 1.53. The Morgan fingerprint density at radius 3 is 1.75 bits per heavy atom. The van der Waals surface area contributed by atoms with Crippen LogP contribution in [0.15, 0.2) is 0 Å². The van der Waals surface area contributed by atoms with E-state index in [1.165, 1.54) is 0 Å². The summed E-state index contributed by atoms with van der Waals surface area (Å²) in [5.74, 6) is 0. The number of rotatable bonds is 0. The first-order chi connectivity index (χ1) is 1.41. The summed E-state index contributed by atoms with van der Waals surface area (Å²) in [6, 6.07) is 0. The molecule has 0 bridgehead atoms. The Bertz CT molecular complexity index is 6.00. The topological polar surface area (TPSA) is 0 Å². The van der Waals surface area contributed by atoms with Gasteiger partial charge >= 0.3 is 38.8 Å². The van der Waals surface area contributed by atoms with Crippen LogP contribution in [-0.2, 0) is 38.9 Å². The van der Waals surface area contributed by atoms with E-state index in [1.807, 2.05) is 0 Å². The Hall–Kier alpha value is 2.25. The van der Waals surface area contributed by atoms with Crippen LogP contribution in [-0.4, -0.2) is 0 Å². The maximum absolute atomic E-state index is 4.95. The molecule has 0 aliphatic heterocycles. The zero-order chi connectivity index (χ0) is 2.71. The summed E-state index contributed by atoms with van der Waals surface area (Å²) in [7, 11) is 4.95. The van der Waals surface area contributed by atoms with E-state index in [0.717, 1.165) is 0 Å². The SMILES string of the molecule is [Ag].[Cl][Ag][Br]. The van der Waals surface area contributed by atoms with E-state index >= 15 is 0 Å². The summed E-state index contributed by atoms with van der Waals surface area (Å²) >= 11 is 3.30. The normalized spacial score (nSPS) is 5.50. The molecule has 0 unspecified atom stereocenters. The second-order valence-electron chi connectivity index (χ2n) is 0.0431. The molecule has 0 amide bonds. The van der Waals surface area contributed by atoms with Gasteiger partial charge in [-0.2, -0.15) is 0 Å². The van der Waals surface area contributed by atoms with Crippen molar-refractivity contribution in [2.75, 3.05) is 0 Å². The summed E-state index contributed by atoms with van der Waals surface area (Å²) in [5.41, 5.74) is 0.